The highest BCUT2D eigenvalue weighted by Crippen LogP contribution is 2.26. The van der Waals surface area contributed by atoms with E-state index in [4.69, 9.17) is 4.98 Å². The first-order chi connectivity index (χ1) is 13.8. The lowest BCUT2D eigenvalue weighted by atomic mass is 9.82. The summed E-state index contributed by atoms with van der Waals surface area (Å²) < 4.78 is 1.84. The number of aliphatic carboxylic acids is 1. The summed E-state index contributed by atoms with van der Waals surface area (Å²) in [5.74, 6) is -1.02. The minimum Gasteiger partial charge on any atom is -0.481 e. The van der Waals surface area contributed by atoms with E-state index in [1.54, 1.807) is 0 Å². The predicted octanol–water partition coefficient (Wildman–Crippen LogP) is 3.44. The van der Waals surface area contributed by atoms with Crippen LogP contribution in [-0.2, 0) is 16.0 Å². The second-order valence-corrected chi connectivity index (χ2v) is 7.58. The lowest BCUT2D eigenvalue weighted by Gasteiger charge is -2.26. The summed E-state index contributed by atoms with van der Waals surface area (Å²) in [7, 11) is 0. The maximum absolute atomic E-state index is 12.4. The SMILES string of the molecule is CCC(CC)(CNC(=O)CCc1c(C)nc2c3ccccc3nn2c1C)C(=O)O. The number of aryl methyl sites for hydroxylation is 2. The van der Waals surface area contributed by atoms with E-state index < -0.39 is 11.4 Å². The van der Waals surface area contributed by atoms with Crippen molar-refractivity contribution in [2.24, 2.45) is 5.41 Å². The Kier molecular flexibility index (Phi) is 5.86. The molecule has 154 valence electrons. The molecule has 2 heterocycles. The molecule has 7 heteroatoms. The average Bonchev–Trinajstić information content (AvgIpc) is 3.07. The molecule has 1 amide bonds. The molecule has 1 aromatic carbocycles. The summed E-state index contributed by atoms with van der Waals surface area (Å²) in [5.41, 5.74) is 3.66. The highest BCUT2D eigenvalue weighted by atomic mass is 16.4. The molecule has 0 bridgehead atoms. The third-order valence-corrected chi connectivity index (χ3v) is 6.05. The van der Waals surface area contributed by atoms with Gasteiger partial charge in [0.05, 0.1) is 10.9 Å². The maximum Gasteiger partial charge on any atom is 0.311 e. The number of amides is 1. The molecule has 0 fully saturated rings. The van der Waals surface area contributed by atoms with E-state index in [9.17, 15) is 14.7 Å². The Bertz CT molecular complexity index is 1070. The summed E-state index contributed by atoms with van der Waals surface area (Å²) in [6.07, 6.45) is 1.76. The van der Waals surface area contributed by atoms with Crippen molar-refractivity contribution in [2.45, 2.75) is 53.4 Å². The van der Waals surface area contributed by atoms with Gasteiger partial charge in [-0.1, -0.05) is 26.0 Å². The van der Waals surface area contributed by atoms with Crippen LogP contribution in [0.5, 0.6) is 0 Å². The Hall–Kier alpha value is -2.96. The fourth-order valence-corrected chi connectivity index (χ4v) is 3.81. The van der Waals surface area contributed by atoms with Crippen LogP contribution >= 0.6 is 0 Å². The number of carbonyl (C=O) groups is 2. The molecule has 0 spiro atoms. The zero-order valence-corrected chi connectivity index (χ0v) is 17.5. The second-order valence-electron chi connectivity index (χ2n) is 7.58. The fraction of sp³-hybridized carbons (Fsp3) is 0.455. The fourth-order valence-electron chi connectivity index (χ4n) is 3.81. The molecule has 2 N–H and O–H groups in total. The van der Waals surface area contributed by atoms with Crippen molar-refractivity contribution in [3.05, 3.63) is 41.2 Å². The molecule has 0 radical (unpaired) electrons. The number of benzene rings is 1. The average molecular weight is 396 g/mol. The van der Waals surface area contributed by atoms with Gasteiger partial charge in [0.25, 0.3) is 0 Å². The number of rotatable bonds is 8. The number of fused-ring (bicyclic) bond motifs is 3. The van der Waals surface area contributed by atoms with Gasteiger partial charge in [0.1, 0.15) is 0 Å². The van der Waals surface area contributed by atoms with Gasteiger partial charge < -0.3 is 10.4 Å². The monoisotopic (exact) mass is 396 g/mol. The molecular formula is C22H28N4O3. The number of carbonyl (C=O) groups excluding carboxylic acids is 1. The second kappa shape index (κ2) is 8.19. The van der Waals surface area contributed by atoms with Crippen LogP contribution in [0, 0.1) is 19.3 Å². The van der Waals surface area contributed by atoms with Crippen LogP contribution in [-0.4, -0.2) is 38.1 Å². The van der Waals surface area contributed by atoms with Crippen LogP contribution in [0.4, 0.5) is 0 Å². The Balaban J connectivity index is 1.76. The highest BCUT2D eigenvalue weighted by Gasteiger charge is 2.35. The molecule has 2 aromatic heterocycles. The van der Waals surface area contributed by atoms with Crippen LogP contribution < -0.4 is 5.32 Å². The van der Waals surface area contributed by atoms with Gasteiger partial charge in [0, 0.05) is 29.7 Å². The van der Waals surface area contributed by atoms with E-state index in [0.717, 1.165) is 33.5 Å². The van der Waals surface area contributed by atoms with Crippen molar-refractivity contribution >= 4 is 28.4 Å². The minimum absolute atomic E-state index is 0.147. The zero-order chi connectivity index (χ0) is 21.2. The Labute approximate surface area is 170 Å². The first-order valence-corrected chi connectivity index (χ1v) is 10.1. The first kappa shape index (κ1) is 20.8. The van der Waals surface area contributed by atoms with E-state index in [-0.39, 0.29) is 18.9 Å². The molecule has 7 nitrogen and oxygen atoms in total. The van der Waals surface area contributed by atoms with Gasteiger partial charge in [-0.25, -0.2) is 9.50 Å². The van der Waals surface area contributed by atoms with Crippen LogP contribution in [0.25, 0.3) is 16.6 Å². The third-order valence-electron chi connectivity index (χ3n) is 6.05. The Morgan fingerprint density at radius 2 is 1.86 bits per heavy atom. The molecule has 0 atom stereocenters. The van der Waals surface area contributed by atoms with E-state index in [1.165, 1.54) is 0 Å². The van der Waals surface area contributed by atoms with Crippen LogP contribution in [0.1, 0.15) is 50.1 Å². The molecule has 0 aliphatic heterocycles. The molecule has 3 rings (SSSR count). The van der Waals surface area contributed by atoms with Crippen molar-refractivity contribution in [3.63, 3.8) is 0 Å². The zero-order valence-electron chi connectivity index (χ0n) is 17.5. The third kappa shape index (κ3) is 3.81. The van der Waals surface area contributed by atoms with Crippen LogP contribution in [0.15, 0.2) is 24.3 Å². The lowest BCUT2D eigenvalue weighted by molar-refractivity contribution is -0.149. The lowest BCUT2D eigenvalue weighted by Crippen LogP contribution is -2.42. The molecule has 29 heavy (non-hydrogen) atoms. The van der Waals surface area contributed by atoms with Crippen molar-refractivity contribution in [2.75, 3.05) is 6.54 Å². The minimum atomic E-state index is -0.906. The number of carboxylic acids is 1. The smallest absolute Gasteiger partial charge is 0.311 e. The summed E-state index contributed by atoms with van der Waals surface area (Å²) in [4.78, 5) is 28.7. The van der Waals surface area contributed by atoms with Crippen molar-refractivity contribution in [1.82, 2.24) is 19.9 Å². The Morgan fingerprint density at radius 3 is 2.52 bits per heavy atom. The van der Waals surface area contributed by atoms with E-state index in [0.29, 0.717) is 19.3 Å². The van der Waals surface area contributed by atoms with Crippen LogP contribution in [0.3, 0.4) is 0 Å². The number of nitrogens with one attached hydrogen (secondary N) is 1. The van der Waals surface area contributed by atoms with Crippen molar-refractivity contribution < 1.29 is 14.7 Å². The van der Waals surface area contributed by atoms with E-state index >= 15 is 0 Å². The van der Waals surface area contributed by atoms with Gasteiger partial charge in [0.15, 0.2) is 5.65 Å². The van der Waals surface area contributed by atoms with Gasteiger partial charge in [-0.3, -0.25) is 9.59 Å². The molecule has 0 aliphatic carbocycles. The molecule has 0 unspecified atom stereocenters. The van der Waals surface area contributed by atoms with E-state index in [2.05, 4.69) is 10.4 Å². The number of nitrogens with zero attached hydrogens (tertiary/aromatic N) is 3. The van der Waals surface area contributed by atoms with Gasteiger partial charge in [0.2, 0.25) is 5.91 Å². The van der Waals surface area contributed by atoms with Gasteiger partial charge in [-0.15, -0.1) is 0 Å². The largest absolute Gasteiger partial charge is 0.481 e. The standard InChI is InChI=1S/C22H28N4O3/c1-5-22(6-2,21(28)29)13-23-19(27)12-11-16-14(3)24-20-17-9-7-8-10-18(17)25-26(20)15(16)4/h7-10H,5-6,11-13H2,1-4H3,(H,23,27)(H,28,29). The van der Waals surface area contributed by atoms with Gasteiger partial charge in [-0.2, -0.15) is 5.10 Å². The molecule has 0 saturated heterocycles. The maximum atomic E-state index is 12.4. The molecule has 0 saturated carbocycles. The quantitative estimate of drug-likeness (QED) is 0.608. The van der Waals surface area contributed by atoms with Gasteiger partial charge in [-0.05, 0) is 50.8 Å². The normalized spacial score (nSPS) is 11.9. The molecular weight excluding hydrogens is 368 g/mol. The van der Waals surface area contributed by atoms with E-state index in [1.807, 2.05) is 56.5 Å². The summed E-state index contributed by atoms with van der Waals surface area (Å²) in [6.45, 7) is 7.76. The number of hydrogen-bond donors (Lipinski definition) is 2. The number of aromatic nitrogens is 3. The number of carboxylic acid groups (broad SMARTS) is 1. The summed E-state index contributed by atoms with van der Waals surface area (Å²) >= 11 is 0. The van der Waals surface area contributed by atoms with Crippen molar-refractivity contribution in [1.29, 1.82) is 0 Å². The van der Waals surface area contributed by atoms with Crippen molar-refractivity contribution in [3.8, 4) is 0 Å². The predicted molar refractivity (Wildman–Crippen MR) is 112 cm³/mol. The van der Waals surface area contributed by atoms with Crippen LogP contribution in [0.2, 0.25) is 0 Å². The topological polar surface area (TPSA) is 96.6 Å². The summed E-state index contributed by atoms with van der Waals surface area (Å²) in [6, 6.07) is 7.89. The Morgan fingerprint density at radius 1 is 1.17 bits per heavy atom. The molecule has 3 aromatic rings. The van der Waals surface area contributed by atoms with Gasteiger partial charge >= 0.3 is 5.97 Å². The number of hydrogen-bond acceptors (Lipinski definition) is 4. The first-order valence-electron chi connectivity index (χ1n) is 10.1. The molecule has 0 aliphatic rings. The highest BCUT2D eigenvalue weighted by molar-refractivity contribution is 5.92. The summed E-state index contributed by atoms with van der Waals surface area (Å²) in [5, 5.41) is 18.0.